The van der Waals surface area contributed by atoms with E-state index in [1.165, 1.54) is 5.56 Å². The van der Waals surface area contributed by atoms with E-state index >= 15 is 0 Å². The fourth-order valence-electron chi connectivity index (χ4n) is 6.05. The molecule has 3 aliphatic rings. The standard InChI is InChI=1S/C30H36N6O3/c1-33-10-7-22(19-33)21-39-30-31-27-20-36(28-18-24(38)17-23-5-2-3-6-25(23)28)11-8-26(27)29(32-30)35-14-12-34(13-15-35)9-4-16-37/h2-6,9,16-18,22,38H,7-8,10-15,19-21H2,1H3/t22-/m1/s1. The molecule has 1 atom stereocenters. The molecule has 0 radical (unpaired) electrons. The summed E-state index contributed by atoms with van der Waals surface area (Å²) in [5, 5.41) is 12.6. The summed E-state index contributed by atoms with van der Waals surface area (Å²) < 4.78 is 6.25. The van der Waals surface area contributed by atoms with Gasteiger partial charge in [0.2, 0.25) is 0 Å². The number of phenols is 1. The van der Waals surface area contributed by atoms with E-state index in [9.17, 15) is 9.90 Å². The third-order valence-corrected chi connectivity index (χ3v) is 8.11. The Labute approximate surface area is 229 Å². The Kier molecular flexibility index (Phi) is 7.24. The molecule has 9 nitrogen and oxygen atoms in total. The average molecular weight is 529 g/mol. The van der Waals surface area contributed by atoms with Crippen LogP contribution in [0, 0.1) is 5.92 Å². The summed E-state index contributed by atoms with van der Waals surface area (Å²) in [5.74, 6) is 1.73. The lowest BCUT2D eigenvalue weighted by atomic mass is 10.0. The normalized spacial score (nSPS) is 20.1. The molecule has 0 aliphatic carbocycles. The molecule has 0 saturated carbocycles. The number of allylic oxidation sites excluding steroid dienone is 1. The van der Waals surface area contributed by atoms with E-state index < -0.39 is 0 Å². The van der Waals surface area contributed by atoms with Crippen molar-refractivity contribution in [1.29, 1.82) is 0 Å². The van der Waals surface area contributed by atoms with Crippen LogP contribution < -0.4 is 14.5 Å². The number of aromatic hydroxyl groups is 1. The summed E-state index contributed by atoms with van der Waals surface area (Å²) in [6.45, 7) is 7.49. The number of rotatable bonds is 7. The number of nitrogens with zero attached hydrogens (tertiary/aromatic N) is 6. The minimum Gasteiger partial charge on any atom is -0.508 e. The quantitative estimate of drug-likeness (QED) is 0.367. The fraction of sp³-hybridized carbons (Fsp3) is 0.433. The van der Waals surface area contributed by atoms with E-state index in [0.717, 1.165) is 92.9 Å². The van der Waals surface area contributed by atoms with E-state index in [-0.39, 0.29) is 5.75 Å². The zero-order valence-electron chi connectivity index (χ0n) is 22.5. The predicted molar refractivity (Wildman–Crippen MR) is 152 cm³/mol. The van der Waals surface area contributed by atoms with E-state index in [4.69, 9.17) is 14.7 Å². The van der Waals surface area contributed by atoms with Crippen LogP contribution in [0.2, 0.25) is 0 Å². The molecule has 3 aromatic rings. The van der Waals surface area contributed by atoms with Gasteiger partial charge in [0.05, 0.1) is 18.8 Å². The molecule has 0 unspecified atom stereocenters. The molecule has 39 heavy (non-hydrogen) atoms. The van der Waals surface area contributed by atoms with Crippen molar-refractivity contribution in [2.24, 2.45) is 5.92 Å². The van der Waals surface area contributed by atoms with Crippen LogP contribution in [0.5, 0.6) is 11.8 Å². The van der Waals surface area contributed by atoms with Crippen LogP contribution in [-0.2, 0) is 17.8 Å². The summed E-state index contributed by atoms with van der Waals surface area (Å²) in [4.78, 5) is 29.8. The fourth-order valence-corrected chi connectivity index (χ4v) is 6.05. The third-order valence-electron chi connectivity index (χ3n) is 8.11. The van der Waals surface area contributed by atoms with Crippen LogP contribution >= 0.6 is 0 Å². The summed E-state index contributed by atoms with van der Waals surface area (Å²) >= 11 is 0. The first-order chi connectivity index (χ1) is 19.1. The highest BCUT2D eigenvalue weighted by atomic mass is 16.5. The number of likely N-dealkylation sites (tertiary alicyclic amines) is 1. The van der Waals surface area contributed by atoms with Crippen LogP contribution in [0.4, 0.5) is 11.5 Å². The van der Waals surface area contributed by atoms with Crippen molar-refractivity contribution in [3.05, 3.63) is 59.9 Å². The number of hydrogen-bond acceptors (Lipinski definition) is 9. The molecule has 4 heterocycles. The van der Waals surface area contributed by atoms with Gasteiger partial charge in [-0.2, -0.15) is 9.97 Å². The van der Waals surface area contributed by atoms with Gasteiger partial charge in [-0.05, 0) is 44.0 Å². The molecule has 1 aromatic heterocycles. The Morgan fingerprint density at radius 1 is 1.05 bits per heavy atom. The van der Waals surface area contributed by atoms with Crippen LogP contribution in [0.15, 0.2) is 48.7 Å². The Morgan fingerprint density at radius 3 is 2.69 bits per heavy atom. The summed E-state index contributed by atoms with van der Waals surface area (Å²) in [6, 6.07) is 12.3. The first-order valence-corrected chi connectivity index (χ1v) is 13.9. The molecular formula is C30H36N6O3. The van der Waals surface area contributed by atoms with Gasteiger partial charge in [-0.1, -0.05) is 24.3 Å². The molecule has 204 valence electrons. The van der Waals surface area contributed by atoms with E-state index in [0.29, 0.717) is 25.1 Å². The maximum atomic E-state index is 10.8. The minimum atomic E-state index is 0.268. The molecule has 6 rings (SSSR count). The molecule has 0 bridgehead atoms. The zero-order chi connectivity index (χ0) is 26.8. The number of piperazine rings is 1. The Hall–Kier alpha value is -3.85. The molecule has 1 N–H and O–H groups in total. The van der Waals surface area contributed by atoms with Crippen molar-refractivity contribution in [2.45, 2.75) is 19.4 Å². The van der Waals surface area contributed by atoms with Crippen LogP contribution in [0.25, 0.3) is 10.8 Å². The van der Waals surface area contributed by atoms with Gasteiger partial charge in [0.1, 0.15) is 17.9 Å². The second-order valence-corrected chi connectivity index (χ2v) is 10.8. The highest BCUT2D eigenvalue weighted by Crippen LogP contribution is 2.36. The molecule has 2 saturated heterocycles. The molecular weight excluding hydrogens is 492 g/mol. The Balaban J connectivity index is 1.29. The first-order valence-electron chi connectivity index (χ1n) is 13.9. The molecule has 0 amide bonds. The van der Waals surface area contributed by atoms with E-state index in [2.05, 4.69) is 32.7 Å². The van der Waals surface area contributed by atoms with Crippen molar-refractivity contribution in [1.82, 2.24) is 19.8 Å². The number of aromatic nitrogens is 2. The van der Waals surface area contributed by atoms with Gasteiger partial charge in [-0.25, -0.2) is 0 Å². The zero-order valence-corrected chi connectivity index (χ0v) is 22.5. The van der Waals surface area contributed by atoms with Gasteiger partial charge >= 0.3 is 6.01 Å². The van der Waals surface area contributed by atoms with Gasteiger partial charge in [0, 0.05) is 74.1 Å². The first kappa shape index (κ1) is 25.4. The molecule has 3 aliphatic heterocycles. The summed E-state index contributed by atoms with van der Waals surface area (Å²) in [6.07, 6.45) is 6.18. The van der Waals surface area contributed by atoms with E-state index in [1.807, 2.05) is 36.5 Å². The topological polar surface area (TPSA) is 85.3 Å². The Morgan fingerprint density at radius 2 is 1.90 bits per heavy atom. The maximum absolute atomic E-state index is 10.8. The van der Waals surface area contributed by atoms with Crippen molar-refractivity contribution in [3.8, 4) is 11.8 Å². The van der Waals surface area contributed by atoms with Gasteiger partial charge in [0.25, 0.3) is 0 Å². The number of carbonyl (C=O) groups is 1. The van der Waals surface area contributed by atoms with Gasteiger partial charge in [-0.15, -0.1) is 0 Å². The largest absolute Gasteiger partial charge is 0.508 e. The lowest BCUT2D eigenvalue weighted by Gasteiger charge is -2.38. The second kappa shape index (κ2) is 11.1. The molecule has 2 fully saturated rings. The highest BCUT2D eigenvalue weighted by Gasteiger charge is 2.29. The Bertz CT molecular complexity index is 1370. The number of fused-ring (bicyclic) bond motifs is 2. The number of hydrogen-bond donors (Lipinski definition) is 1. The highest BCUT2D eigenvalue weighted by molar-refractivity contribution is 5.95. The van der Waals surface area contributed by atoms with E-state index in [1.54, 1.807) is 6.08 Å². The van der Waals surface area contributed by atoms with Crippen LogP contribution in [-0.4, -0.2) is 90.6 Å². The smallest absolute Gasteiger partial charge is 0.318 e. The van der Waals surface area contributed by atoms with Crippen LogP contribution in [0.3, 0.4) is 0 Å². The molecule has 9 heteroatoms. The third kappa shape index (κ3) is 5.49. The second-order valence-electron chi connectivity index (χ2n) is 10.8. The number of carbonyl (C=O) groups excluding carboxylic acids is 1. The SMILES string of the molecule is CN1CC[C@@H](COc2nc3c(c(N4CCN(C=CC=O)CC4)n2)CCN(c2cc(O)cc4ccccc24)C3)C1. The van der Waals surface area contributed by atoms with Crippen molar-refractivity contribution < 1.29 is 14.6 Å². The van der Waals surface area contributed by atoms with Gasteiger partial charge in [-0.3, -0.25) is 4.79 Å². The number of benzene rings is 2. The van der Waals surface area contributed by atoms with Gasteiger partial charge in [0.15, 0.2) is 0 Å². The van der Waals surface area contributed by atoms with Crippen LogP contribution in [0.1, 0.15) is 17.7 Å². The number of phenolic OH excluding ortho intramolecular Hbond substituents is 1. The van der Waals surface area contributed by atoms with Crippen molar-refractivity contribution >= 4 is 28.6 Å². The van der Waals surface area contributed by atoms with Crippen molar-refractivity contribution in [3.63, 3.8) is 0 Å². The monoisotopic (exact) mass is 528 g/mol. The summed E-state index contributed by atoms with van der Waals surface area (Å²) in [7, 11) is 2.15. The van der Waals surface area contributed by atoms with Gasteiger partial charge < -0.3 is 29.4 Å². The maximum Gasteiger partial charge on any atom is 0.318 e. The number of aldehydes is 1. The molecule has 0 spiro atoms. The molecule has 2 aromatic carbocycles. The number of anilines is 2. The summed E-state index contributed by atoms with van der Waals surface area (Å²) in [5.41, 5.74) is 3.18. The lowest BCUT2D eigenvalue weighted by Crippen LogP contribution is -2.45. The van der Waals surface area contributed by atoms with Crippen molar-refractivity contribution in [2.75, 3.05) is 69.3 Å². The predicted octanol–water partition coefficient (Wildman–Crippen LogP) is 3.06. The minimum absolute atomic E-state index is 0.268. The lowest BCUT2D eigenvalue weighted by molar-refractivity contribution is -0.104. The average Bonchev–Trinajstić information content (AvgIpc) is 3.39. The number of ether oxygens (including phenoxy) is 1.